The molecule has 0 aliphatic carbocycles. The van der Waals surface area contributed by atoms with Gasteiger partial charge in [0, 0.05) is 22.8 Å². The Morgan fingerprint density at radius 2 is 1.62 bits per heavy atom. The Morgan fingerprint density at radius 1 is 0.923 bits per heavy atom. The zero-order chi connectivity index (χ0) is 18.5. The third kappa shape index (κ3) is 3.68. The van der Waals surface area contributed by atoms with Crippen LogP contribution in [-0.2, 0) is 0 Å². The summed E-state index contributed by atoms with van der Waals surface area (Å²) in [6.45, 7) is 1.51. The number of nitriles is 1. The first kappa shape index (κ1) is 17.1. The van der Waals surface area contributed by atoms with Crippen LogP contribution in [0, 0.1) is 11.3 Å². The van der Waals surface area contributed by atoms with Gasteiger partial charge < -0.3 is 4.42 Å². The first-order chi connectivity index (χ1) is 12.6. The average Bonchev–Trinajstić information content (AvgIpc) is 3.15. The third-order valence-corrected chi connectivity index (χ3v) is 3.89. The summed E-state index contributed by atoms with van der Waals surface area (Å²) in [5.74, 6) is 0.654. The molecule has 1 heterocycles. The number of carbonyl (C=O) groups is 2. The molecule has 0 aliphatic heterocycles. The Morgan fingerprint density at radius 3 is 2.23 bits per heavy atom. The molecule has 0 saturated carbocycles. The SMILES string of the molecule is CC(=O)c1ccc(-c2ccc(C=C(C#N)C(=O)c3ccccc3)o2)cc1. The highest BCUT2D eigenvalue weighted by atomic mass is 16.3. The topological polar surface area (TPSA) is 71.1 Å². The van der Waals surface area contributed by atoms with Gasteiger partial charge in [-0.3, -0.25) is 9.59 Å². The van der Waals surface area contributed by atoms with Crippen molar-refractivity contribution < 1.29 is 14.0 Å². The molecule has 26 heavy (non-hydrogen) atoms. The fraction of sp³-hybridized carbons (Fsp3) is 0.0455. The molecule has 0 atom stereocenters. The Labute approximate surface area is 151 Å². The average molecular weight is 341 g/mol. The summed E-state index contributed by atoms with van der Waals surface area (Å²) in [5, 5.41) is 9.31. The van der Waals surface area contributed by atoms with E-state index in [-0.39, 0.29) is 17.1 Å². The number of hydrogen-bond acceptors (Lipinski definition) is 4. The van der Waals surface area contributed by atoms with Crippen molar-refractivity contribution in [2.24, 2.45) is 0 Å². The second-order valence-corrected chi connectivity index (χ2v) is 5.70. The van der Waals surface area contributed by atoms with E-state index in [1.54, 1.807) is 60.7 Å². The van der Waals surface area contributed by atoms with Crippen molar-refractivity contribution in [2.45, 2.75) is 6.92 Å². The van der Waals surface area contributed by atoms with Gasteiger partial charge in [0.05, 0.1) is 0 Å². The van der Waals surface area contributed by atoms with Crippen LogP contribution in [0.4, 0.5) is 0 Å². The van der Waals surface area contributed by atoms with Crippen molar-refractivity contribution in [1.29, 1.82) is 5.26 Å². The first-order valence-corrected chi connectivity index (χ1v) is 8.01. The lowest BCUT2D eigenvalue weighted by atomic mass is 10.0. The van der Waals surface area contributed by atoms with Crippen LogP contribution in [0.3, 0.4) is 0 Å². The highest BCUT2D eigenvalue weighted by Gasteiger charge is 2.13. The minimum atomic E-state index is -0.350. The molecule has 4 nitrogen and oxygen atoms in total. The number of benzene rings is 2. The van der Waals surface area contributed by atoms with Crippen LogP contribution in [0.5, 0.6) is 0 Å². The molecule has 0 saturated heterocycles. The molecule has 4 heteroatoms. The summed E-state index contributed by atoms with van der Waals surface area (Å²) in [5.41, 5.74) is 1.89. The van der Waals surface area contributed by atoms with Crippen LogP contribution in [0.15, 0.2) is 76.7 Å². The van der Waals surface area contributed by atoms with E-state index in [1.165, 1.54) is 13.0 Å². The Hall–Kier alpha value is -3.71. The minimum Gasteiger partial charge on any atom is -0.457 e. The maximum Gasteiger partial charge on any atom is 0.203 e. The Kier molecular flexibility index (Phi) is 4.91. The van der Waals surface area contributed by atoms with Crippen LogP contribution in [0.25, 0.3) is 17.4 Å². The van der Waals surface area contributed by atoms with Crippen LogP contribution in [0.2, 0.25) is 0 Å². The lowest BCUT2D eigenvalue weighted by Crippen LogP contribution is -2.01. The van der Waals surface area contributed by atoms with Gasteiger partial charge in [0.2, 0.25) is 5.78 Å². The van der Waals surface area contributed by atoms with E-state index < -0.39 is 0 Å². The summed E-state index contributed by atoms with van der Waals surface area (Å²) in [7, 11) is 0. The number of nitrogens with zero attached hydrogens (tertiary/aromatic N) is 1. The quantitative estimate of drug-likeness (QED) is 0.374. The number of ketones is 2. The van der Waals surface area contributed by atoms with Crippen LogP contribution in [-0.4, -0.2) is 11.6 Å². The number of rotatable bonds is 5. The lowest BCUT2D eigenvalue weighted by molar-refractivity contribution is 0.101. The van der Waals surface area contributed by atoms with Crippen molar-refractivity contribution in [3.63, 3.8) is 0 Å². The second-order valence-electron chi connectivity index (χ2n) is 5.70. The normalized spacial score (nSPS) is 11.0. The van der Waals surface area contributed by atoms with Crippen molar-refractivity contribution in [3.05, 3.63) is 89.2 Å². The van der Waals surface area contributed by atoms with E-state index in [9.17, 15) is 14.9 Å². The van der Waals surface area contributed by atoms with Crippen LogP contribution < -0.4 is 0 Å². The smallest absolute Gasteiger partial charge is 0.203 e. The maximum atomic E-state index is 12.4. The third-order valence-electron chi connectivity index (χ3n) is 3.89. The van der Waals surface area contributed by atoms with Crippen molar-refractivity contribution in [1.82, 2.24) is 0 Å². The molecule has 126 valence electrons. The monoisotopic (exact) mass is 341 g/mol. The molecule has 0 amide bonds. The number of furan rings is 1. The summed E-state index contributed by atoms with van der Waals surface area (Å²) >= 11 is 0. The molecular weight excluding hydrogens is 326 g/mol. The van der Waals surface area contributed by atoms with Gasteiger partial charge in [-0.2, -0.15) is 5.26 Å². The molecule has 3 rings (SSSR count). The van der Waals surface area contributed by atoms with Crippen LogP contribution in [0.1, 0.15) is 33.4 Å². The zero-order valence-electron chi connectivity index (χ0n) is 14.1. The van der Waals surface area contributed by atoms with E-state index in [0.29, 0.717) is 22.6 Å². The number of hydrogen-bond donors (Lipinski definition) is 0. The van der Waals surface area contributed by atoms with Gasteiger partial charge in [0.15, 0.2) is 5.78 Å². The highest BCUT2D eigenvalue weighted by Crippen LogP contribution is 2.24. The predicted octanol–water partition coefficient (Wildman–Crippen LogP) is 4.94. The number of Topliss-reactive ketones (excluding diaryl/α,β-unsaturated/α-hetero) is 2. The number of allylic oxidation sites excluding steroid dienone is 1. The molecule has 0 aliphatic rings. The molecule has 0 bridgehead atoms. The summed E-state index contributed by atoms with van der Waals surface area (Å²) in [4.78, 5) is 23.7. The van der Waals surface area contributed by atoms with Gasteiger partial charge in [-0.15, -0.1) is 0 Å². The second kappa shape index (κ2) is 7.45. The Bertz CT molecular complexity index is 1020. The van der Waals surface area contributed by atoms with E-state index in [4.69, 9.17) is 4.42 Å². The van der Waals surface area contributed by atoms with E-state index in [0.717, 1.165) is 5.56 Å². The van der Waals surface area contributed by atoms with Crippen molar-refractivity contribution >= 4 is 17.6 Å². The van der Waals surface area contributed by atoms with Gasteiger partial charge in [0.25, 0.3) is 0 Å². The molecule has 0 radical (unpaired) electrons. The largest absolute Gasteiger partial charge is 0.457 e. The van der Waals surface area contributed by atoms with Crippen molar-refractivity contribution in [3.8, 4) is 17.4 Å². The van der Waals surface area contributed by atoms with Gasteiger partial charge in [-0.1, -0.05) is 54.6 Å². The van der Waals surface area contributed by atoms with Gasteiger partial charge in [-0.05, 0) is 19.1 Å². The fourth-order valence-corrected chi connectivity index (χ4v) is 2.49. The van der Waals surface area contributed by atoms with Crippen molar-refractivity contribution in [2.75, 3.05) is 0 Å². The summed E-state index contributed by atoms with van der Waals surface area (Å²) < 4.78 is 5.72. The first-order valence-electron chi connectivity index (χ1n) is 8.01. The summed E-state index contributed by atoms with van der Waals surface area (Å²) in [6.07, 6.45) is 1.43. The maximum absolute atomic E-state index is 12.4. The van der Waals surface area contributed by atoms with Gasteiger partial charge in [-0.25, -0.2) is 0 Å². The highest BCUT2D eigenvalue weighted by molar-refractivity contribution is 6.13. The zero-order valence-corrected chi connectivity index (χ0v) is 14.1. The Balaban J connectivity index is 1.86. The van der Waals surface area contributed by atoms with E-state index >= 15 is 0 Å². The molecule has 0 N–H and O–H groups in total. The van der Waals surface area contributed by atoms with Crippen LogP contribution >= 0.6 is 0 Å². The number of carbonyl (C=O) groups excluding carboxylic acids is 2. The molecule has 0 fully saturated rings. The van der Waals surface area contributed by atoms with E-state index in [2.05, 4.69) is 0 Å². The van der Waals surface area contributed by atoms with Gasteiger partial charge >= 0.3 is 0 Å². The molecule has 1 aromatic heterocycles. The molecular formula is C22H15NO3. The van der Waals surface area contributed by atoms with Gasteiger partial charge in [0.1, 0.15) is 23.2 Å². The molecule has 0 unspecified atom stereocenters. The standard InChI is InChI=1S/C22H15NO3/c1-15(24)16-7-9-17(10-8-16)21-12-11-20(26-21)13-19(14-23)22(25)18-5-3-2-4-6-18/h2-13H,1H3. The predicted molar refractivity (Wildman–Crippen MR) is 98.5 cm³/mol. The molecule has 3 aromatic rings. The molecule has 2 aromatic carbocycles. The lowest BCUT2D eigenvalue weighted by Gasteiger charge is -1.99. The fourth-order valence-electron chi connectivity index (χ4n) is 2.49. The molecule has 0 spiro atoms. The minimum absolute atomic E-state index is 0.00213. The summed E-state index contributed by atoms with van der Waals surface area (Å²) in [6, 6.07) is 21.1. The van der Waals surface area contributed by atoms with E-state index in [1.807, 2.05) is 12.1 Å².